The standard InChI is InChI=1S/C16H18F2N4O/c17-13-7-6-12(10-14(13)18)22-15(19-11-20-22)4-3-9-21-8-2-1-5-16(21)23/h6-7,10-11H,1-5,8-9H2. The number of benzene rings is 1. The minimum absolute atomic E-state index is 0.207. The summed E-state index contributed by atoms with van der Waals surface area (Å²) in [7, 11) is 0. The summed E-state index contributed by atoms with van der Waals surface area (Å²) < 4.78 is 27.9. The van der Waals surface area contributed by atoms with Crippen LogP contribution in [0.4, 0.5) is 8.78 Å². The highest BCUT2D eigenvalue weighted by atomic mass is 19.2. The first-order chi connectivity index (χ1) is 11.1. The molecule has 0 unspecified atom stereocenters. The lowest BCUT2D eigenvalue weighted by Gasteiger charge is -2.26. The molecule has 0 bridgehead atoms. The van der Waals surface area contributed by atoms with Gasteiger partial charge in [-0.05, 0) is 31.4 Å². The number of halogens is 2. The maximum absolute atomic E-state index is 13.4. The van der Waals surface area contributed by atoms with E-state index < -0.39 is 11.6 Å². The van der Waals surface area contributed by atoms with Crippen LogP contribution in [0.3, 0.4) is 0 Å². The van der Waals surface area contributed by atoms with Crippen molar-refractivity contribution in [3.8, 4) is 5.69 Å². The van der Waals surface area contributed by atoms with E-state index in [2.05, 4.69) is 10.1 Å². The quantitative estimate of drug-likeness (QED) is 0.850. The largest absolute Gasteiger partial charge is 0.343 e. The topological polar surface area (TPSA) is 51.0 Å². The Morgan fingerprint density at radius 2 is 2.04 bits per heavy atom. The van der Waals surface area contributed by atoms with Gasteiger partial charge in [0.05, 0.1) is 5.69 Å². The van der Waals surface area contributed by atoms with Gasteiger partial charge in [-0.15, -0.1) is 0 Å². The molecule has 0 N–H and O–H groups in total. The molecule has 1 amide bonds. The predicted molar refractivity (Wildman–Crippen MR) is 80.0 cm³/mol. The monoisotopic (exact) mass is 320 g/mol. The van der Waals surface area contributed by atoms with Crippen molar-refractivity contribution in [2.45, 2.75) is 32.1 Å². The third kappa shape index (κ3) is 3.55. The maximum Gasteiger partial charge on any atom is 0.222 e. The van der Waals surface area contributed by atoms with Gasteiger partial charge in [0.2, 0.25) is 5.91 Å². The fraction of sp³-hybridized carbons (Fsp3) is 0.438. The van der Waals surface area contributed by atoms with Crippen molar-refractivity contribution >= 4 is 5.91 Å². The van der Waals surface area contributed by atoms with E-state index in [1.165, 1.54) is 17.1 Å². The van der Waals surface area contributed by atoms with Gasteiger partial charge in [-0.1, -0.05) is 0 Å². The average molecular weight is 320 g/mol. The summed E-state index contributed by atoms with van der Waals surface area (Å²) >= 11 is 0. The number of hydrogen-bond acceptors (Lipinski definition) is 3. The van der Waals surface area contributed by atoms with Crippen molar-refractivity contribution in [1.82, 2.24) is 19.7 Å². The van der Waals surface area contributed by atoms with Crippen molar-refractivity contribution in [2.24, 2.45) is 0 Å². The lowest BCUT2D eigenvalue weighted by atomic mass is 10.1. The molecule has 1 aromatic heterocycles. The second kappa shape index (κ2) is 6.85. The number of rotatable bonds is 5. The first-order valence-electron chi connectivity index (χ1n) is 7.77. The van der Waals surface area contributed by atoms with E-state index in [0.29, 0.717) is 30.9 Å². The molecular weight excluding hydrogens is 302 g/mol. The zero-order valence-electron chi connectivity index (χ0n) is 12.7. The fourth-order valence-electron chi connectivity index (χ4n) is 2.79. The molecular formula is C16H18F2N4O. The molecule has 2 heterocycles. The Balaban J connectivity index is 1.64. The molecule has 0 aliphatic carbocycles. The van der Waals surface area contributed by atoms with Gasteiger partial charge >= 0.3 is 0 Å². The van der Waals surface area contributed by atoms with Gasteiger partial charge in [-0.2, -0.15) is 5.10 Å². The first kappa shape index (κ1) is 15.6. The van der Waals surface area contributed by atoms with Crippen molar-refractivity contribution in [2.75, 3.05) is 13.1 Å². The molecule has 0 atom stereocenters. The van der Waals surface area contributed by atoms with E-state index in [0.717, 1.165) is 37.9 Å². The smallest absolute Gasteiger partial charge is 0.222 e. The van der Waals surface area contributed by atoms with Crippen LogP contribution in [0.2, 0.25) is 0 Å². The van der Waals surface area contributed by atoms with Crippen molar-refractivity contribution in [1.29, 1.82) is 0 Å². The average Bonchev–Trinajstić information content (AvgIpc) is 3.00. The van der Waals surface area contributed by atoms with Crippen LogP contribution in [-0.4, -0.2) is 38.7 Å². The lowest BCUT2D eigenvalue weighted by Crippen LogP contribution is -2.36. The summed E-state index contributed by atoms with van der Waals surface area (Å²) in [6.45, 7) is 1.50. The van der Waals surface area contributed by atoms with Crippen molar-refractivity contribution in [3.05, 3.63) is 42.0 Å². The van der Waals surface area contributed by atoms with Gasteiger partial charge in [-0.3, -0.25) is 4.79 Å². The van der Waals surface area contributed by atoms with Crippen LogP contribution in [0.25, 0.3) is 5.69 Å². The van der Waals surface area contributed by atoms with E-state index in [-0.39, 0.29) is 5.91 Å². The number of carbonyl (C=O) groups excluding carboxylic acids is 1. The maximum atomic E-state index is 13.4. The Labute approximate surface area is 132 Å². The Kier molecular flexibility index (Phi) is 4.64. The lowest BCUT2D eigenvalue weighted by molar-refractivity contribution is -0.133. The summed E-state index contributed by atoms with van der Waals surface area (Å²) in [5.74, 6) is -0.930. The summed E-state index contributed by atoms with van der Waals surface area (Å²) in [5.41, 5.74) is 0.436. The number of aryl methyl sites for hydroxylation is 1. The molecule has 1 aromatic carbocycles. The Morgan fingerprint density at radius 1 is 1.17 bits per heavy atom. The summed E-state index contributed by atoms with van der Waals surface area (Å²) in [6, 6.07) is 3.63. The van der Waals surface area contributed by atoms with Gasteiger partial charge in [-0.25, -0.2) is 18.4 Å². The van der Waals surface area contributed by atoms with Gasteiger partial charge in [0.1, 0.15) is 12.2 Å². The molecule has 23 heavy (non-hydrogen) atoms. The first-order valence-corrected chi connectivity index (χ1v) is 7.77. The SMILES string of the molecule is O=C1CCCCN1CCCc1ncnn1-c1ccc(F)c(F)c1. The van der Waals surface area contributed by atoms with Crippen molar-refractivity contribution in [3.63, 3.8) is 0 Å². The second-order valence-corrected chi connectivity index (χ2v) is 5.63. The minimum atomic E-state index is -0.914. The molecule has 5 nitrogen and oxygen atoms in total. The van der Waals surface area contributed by atoms with E-state index in [4.69, 9.17) is 0 Å². The van der Waals surface area contributed by atoms with Crippen LogP contribution < -0.4 is 0 Å². The third-order valence-electron chi connectivity index (χ3n) is 4.02. The molecule has 0 radical (unpaired) electrons. The highest BCUT2D eigenvalue weighted by molar-refractivity contribution is 5.76. The number of nitrogens with zero attached hydrogens (tertiary/aromatic N) is 4. The normalized spacial score (nSPS) is 15.2. The van der Waals surface area contributed by atoms with Gasteiger partial charge < -0.3 is 4.90 Å². The molecule has 122 valence electrons. The van der Waals surface area contributed by atoms with Crippen LogP contribution >= 0.6 is 0 Å². The number of hydrogen-bond donors (Lipinski definition) is 0. The summed E-state index contributed by atoms with van der Waals surface area (Å²) in [5, 5.41) is 4.07. The van der Waals surface area contributed by atoms with Crippen LogP contribution in [0.5, 0.6) is 0 Å². The minimum Gasteiger partial charge on any atom is -0.343 e. The second-order valence-electron chi connectivity index (χ2n) is 5.63. The number of carbonyl (C=O) groups is 1. The Morgan fingerprint density at radius 3 is 2.83 bits per heavy atom. The molecule has 0 spiro atoms. The molecule has 1 saturated heterocycles. The van der Waals surface area contributed by atoms with Gasteiger partial charge in [0.15, 0.2) is 11.6 Å². The molecule has 2 aromatic rings. The molecule has 3 rings (SSSR count). The third-order valence-corrected chi connectivity index (χ3v) is 4.02. The zero-order chi connectivity index (χ0) is 16.2. The zero-order valence-corrected chi connectivity index (χ0v) is 12.7. The molecule has 1 aliphatic rings. The molecule has 1 fully saturated rings. The van der Waals surface area contributed by atoms with Crippen LogP contribution in [-0.2, 0) is 11.2 Å². The van der Waals surface area contributed by atoms with E-state index in [1.807, 2.05) is 4.90 Å². The van der Waals surface area contributed by atoms with Gasteiger partial charge in [0, 0.05) is 32.0 Å². The summed E-state index contributed by atoms with van der Waals surface area (Å²) in [6.07, 6.45) is 5.42. The van der Waals surface area contributed by atoms with E-state index in [9.17, 15) is 13.6 Å². The van der Waals surface area contributed by atoms with Crippen LogP contribution in [0.1, 0.15) is 31.5 Å². The number of aromatic nitrogens is 3. The van der Waals surface area contributed by atoms with Crippen LogP contribution in [0, 0.1) is 11.6 Å². The summed E-state index contributed by atoms with van der Waals surface area (Å²) in [4.78, 5) is 17.8. The van der Waals surface area contributed by atoms with E-state index in [1.54, 1.807) is 0 Å². The predicted octanol–water partition coefficient (Wildman–Crippen LogP) is 2.49. The highest BCUT2D eigenvalue weighted by Gasteiger charge is 2.17. The Hall–Kier alpha value is -2.31. The number of amides is 1. The number of likely N-dealkylation sites (tertiary alicyclic amines) is 1. The van der Waals surface area contributed by atoms with Gasteiger partial charge in [0.25, 0.3) is 0 Å². The number of piperidine rings is 1. The van der Waals surface area contributed by atoms with E-state index >= 15 is 0 Å². The molecule has 1 aliphatic heterocycles. The molecule has 0 saturated carbocycles. The van der Waals surface area contributed by atoms with Crippen LogP contribution in [0.15, 0.2) is 24.5 Å². The van der Waals surface area contributed by atoms with Crippen molar-refractivity contribution < 1.29 is 13.6 Å². The molecule has 7 heteroatoms. The highest BCUT2D eigenvalue weighted by Crippen LogP contribution is 2.15. The fourth-order valence-corrected chi connectivity index (χ4v) is 2.79. The Bertz CT molecular complexity index is 701.